The van der Waals surface area contributed by atoms with E-state index in [1.807, 2.05) is 0 Å². The lowest BCUT2D eigenvalue weighted by Crippen LogP contribution is -2.33. The molecule has 0 saturated carbocycles. The van der Waals surface area contributed by atoms with E-state index in [0.717, 1.165) is 0 Å². The van der Waals surface area contributed by atoms with Gasteiger partial charge >= 0.3 is 0 Å². The first-order valence-corrected chi connectivity index (χ1v) is 5.53. The Balaban J connectivity index is 2.47. The summed E-state index contributed by atoms with van der Waals surface area (Å²) in [5, 5.41) is 11.1. The maximum atomic E-state index is 13.6. The Labute approximate surface area is 104 Å². The van der Waals surface area contributed by atoms with E-state index in [-0.39, 0.29) is 11.4 Å². The molecule has 0 spiro atoms. The number of ether oxygens (including phenoxy) is 1. The zero-order chi connectivity index (χ0) is 12.9. The van der Waals surface area contributed by atoms with Gasteiger partial charge in [-0.3, -0.25) is 4.79 Å². The number of aliphatic hydroxyl groups excluding tert-OH is 1. The summed E-state index contributed by atoms with van der Waals surface area (Å²) < 4.78 is 18.6. The van der Waals surface area contributed by atoms with Crippen molar-refractivity contribution in [3.8, 4) is 0 Å². The number of nitrogens with one attached hydrogen (secondary N) is 1. The minimum absolute atomic E-state index is 0.156. The second kappa shape index (κ2) is 6.04. The van der Waals surface area contributed by atoms with Gasteiger partial charge in [0.05, 0.1) is 0 Å². The molecule has 17 heavy (non-hydrogen) atoms. The van der Waals surface area contributed by atoms with E-state index in [0.29, 0.717) is 12.8 Å². The molecule has 0 aromatic rings. The number of hydrogen-bond donors (Lipinski definition) is 2. The molecule has 0 aromatic heterocycles. The number of alkyl halides is 1. The third kappa shape index (κ3) is 4.03. The average Bonchev–Trinajstić information content (AvgIpc) is 2.70. The number of hydrogen-bond acceptors (Lipinski definition) is 5. The van der Waals surface area contributed by atoms with Crippen LogP contribution >= 0.6 is 12.2 Å². The normalized spacial score (nSPS) is 28.3. The maximum Gasteiger partial charge on any atom is 0.234 e. The van der Waals surface area contributed by atoms with Crippen molar-refractivity contribution in [3.05, 3.63) is 12.3 Å². The van der Waals surface area contributed by atoms with Crippen molar-refractivity contribution in [1.29, 1.82) is 0 Å². The summed E-state index contributed by atoms with van der Waals surface area (Å²) in [6.45, 7) is -0.647. The molecule has 0 radical (unpaired) electrons. The first-order valence-electron chi connectivity index (χ1n) is 5.12. The van der Waals surface area contributed by atoms with Crippen LogP contribution in [0, 0.1) is 0 Å². The zero-order valence-corrected chi connectivity index (χ0v) is 10.2. The highest BCUT2D eigenvalue weighted by Crippen LogP contribution is 2.32. The van der Waals surface area contributed by atoms with Crippen molar-refractivity contribution in [3.63, 3.8) is 0 Å². The van der Waals surface area contributed by atoms with E-state index < -0.39 is 18.7 Å². The summed E-state index contributed by atoms with van der Waals surface area (Å²) in [6, 6.07) is 0. The SMILES string of the molecule is CN(/C=C\C(=S)NC=O)C1CCC(F)(CO)O1. The fourth-order valence-electron chi connectivity index (χ4n) is 1.49. The van der Waals surface area contributed by atoms with Crippen LogP contribution in [0.5, 0.6) is 0 Å². The minimum atomic E-state index is -1.95. The van der Waals surface area contributed by atoms with Crippen LogP contribution in [0.25, 0.3) is 0 Å². The van der Waals surface area contributed by atoms with Crippen molar-refractivity contribution >= 4 is 23.6 Å². The third-order valence-corrected chi connectivity index (χ3v) is 2.72. The molecule has 96 valence electrons. The summed E-state index contributed by atoms with van der Waals surface area (Å²) >= 11 is 4.80. The number of rotatable bonds is 5. The molecular weight excluding hydrogens is 247 g/mol. The van der Waals surface area contributed by atoms with E-state index in [1.165, 1.54) is 6.08 Å². The van der Waals surface area contributed by atoms with Gasteiger partial charge in [-0.15, -0.1) is 0 Å². The summed E-state index contributed by atoms with van der Waals surface area (Å²) in [5.74, 6) is -1.95. The van der Waals surface area contributed by atoms with Crippen molar-refractivity contribution < 1.29 is 19.0 Å². The van der Waals surface area contributed by atoms with Gasteiger partial charge in [0.25, 0.3) is 0 Å². The van der Waals surface area contributed by atoms with Crippen LogP contribution in [0.2, 0.25) is 0 Å². The predicted octanol–water partition coefficient (Wildman–Crippen LogP) is 0.300. The number of nitrogens with zero attached hydrogens (tertiary/aromatic N) is 1. The van der Waals surface area contributed by atoms with Gasteiger partial charge in [-0.1, -0.05) is 12.2 Å². The maximum absolute atomic E-state index is 13.6. The topological polar surface area (TPSA) is 61.8 Å². The molecule has 1 fully saturated rings. The second-order valence-electron chi connectivity index (χ2n) is 3.76. The molecular formula is C10H15FN2O3S. The molecule has 7 heteroatoms. The Morgan fingerprint density at radius 2 is 2.53 bits per heavy atom. The van der Waals surface area contributed by atoms with Crippen LogP contribution in [0.4, 0.5) is 4.39 Å². The van der Waals surface area contributed by atoms with Crippen molar-refractivity contribution in [2.75, 3.05) is 13.7 Å². The van der Waals surface area contributed by atoms with Crippen molar-refractivity contribution in [1.82, 2.24) is 10.2 Å². The Morgan fingerprint density at radius 1 is 1.82 bits per heavy atom. The summed E-state index contributed by atoms with van der Waals surface area (Å²) in [7, 11) is 1.70. The van der Waals surface area contributed by atoms with Gasteiger partial charge < -0.3 is 20.1 Å². The lowest BCUT2D eigenvalue weighted by Gasteiger charge is -2.24. The molecule has 0 bridgehead atoms. The zero-order valence-electron chi connectivity index (χ0n) is 9.43. The monoisotopic (exact) mass is 262 g/mol. The molecule has 5 nitrogen and oxygen atoms in total. The lowest BCUT2D eigenvalue weighted by molar-refractivity contribution is -0.182. The Bertz CT molecular complexity index is 327. The third-order valence-electron chi connectivity index (χ3n) is 2.46. The molecule has 1 rings (SSSR count). The minimum Gasteiger partial charge on any atom is -0.390 e. The van der Waals surface area contributed by atoms with Crippen LogP contribution in [0.3, 0.4) is 0 Å². The number of thiocarbonyl (C=S) groups is 1. The quantitative estimate of drug-likeness (QED) is 0.424. The van der Waals surface area contributed by atoms with E-state index in [4.69, 9.17) is 22.1 Å². The highest BCUT2D eigenvalue weighted by Gasteiger charge is 2.41. The average molecular weight is 262 g/mol. The van der Waals surface area contributed by atoms with Gasteiger partial charge in [0.1, 0.15) is 17.8 Å². The fourth-order valence-corrected chi connectivity index (χ4v) is 1.60. The van der Waals surface area contributed by atoms with Gasteiger partial charge in [0, 0.05) is 19.7 Å². The number of carbonyl (C=O) groups is 1. The van der Waals surface area contributed by atoms with Crippen molar-refractivity contribution in [2.24, 2.45) is 0 Å². The molecule has 1 heterocycles. The van der Waals surface area contributed by atoms with Gasteiger partial charge in [0.15, 0.2) is 0 Å². The first kappa shape index (κ1) is 14.0. The van der Waals surface area contributed by atoms with Crippen molar-refractivity contribution in [2.45, 2.75) is 24.9 Å². The molecule has 1 saturated heterocycles. The molecule has 1 amide bonds. The molecule has 0 aromatic carbocycles. The van der Waals surface area contributed by atoms with Crippen LogP contribution in [0.15, 0.2) is 12.3 Å². The smallest absolute Gasteiger partial charge is 0.234 e. The standard InChI is InChI=1S/C10H15FN2O3S/c1-13(5-3-8(17)12-7-15)9-2-4-10(11,6-14)16-9/h3,5,7,9,14H,2,4,6H2,1H3,(H,12,15,17)/b5-3-. The molecule has 2 atom stereocenters. The molecule has 1 aliphatic heterocycles. The molecule has 2 unspecified atom stereocenters. The molecule has 1 aliphatic rings. The van der Waals surface area contributed by atoms with Crippen LogP contribution < -0.4 is 5.32 Å². The second-order valence-corrected chi connectivity index (χ2v) is 4.20. The summed E-state index contributed by atoms with van der Waals surface area (Å²) in [6.07, 6.45) is 3.77. The van der Waals surface area contributed by atoms with E-state index >= 15 is 0 Å². The van der Waals surface area contributed by atoms with Gasteiger partial charge in [-0.2, -0.15) is 0 Å². The highest BCUT2D eigenvalue weighted by molar-refractivity contribution is 7.80. The lowest BCUT2D eigenvalue weighted by atomic mass is 10.2. The summed E-state index contributed by atoms with van der Waals surface area (Å²) in [5.41, 5.74) is 0. The van der Waals surface area contributed by atoms with Crippen LogP contribution in [0.1, 0.15) is 12.8 Å². The number of aliphatic hydroxyl groups is 1. The van der Waals surface area contributed by atoms with E-state index in [9.17, 15) is 9.18 Å². The van der Waals surface area contributed by atoms with E-state index in [2.05, 4.69) is 5.32 Å². The van der Waals surface area contributed by atoms with Gasteiger partial charge in [0.2, 0.25) is 12.3 Å². The number of halogens is 1. The molecule has 0 aliphatic carbocycles. The molecule has 2 N–H and O–H groups in total. The Hall–Kier alpha value is -1.05. The highest BCUT2D eigenvalue weighted by atomic mass is 32.1. The number of carbonyl (C=O) groups excluding carboxylic acids is 1. The largest absolute Gasteiger partial charge is 0.390 e. The Morgan fingerprint density at radius 3 is 3.06 bits per heavy atom. The summed E-state index contributed by atoms with van der Waals surface area (Å²) in [4.78, 5) is 12.0. The number of amides is 1. The first-order chi connectivity index (χ1) is 8.00. The predicted molar refractivity (Wildman–Crippen MR) is 63.7 cm³/mol. The van der Waals surface area contributed by atoms with Crippen LogP contribution in [-0.2, 0) is 9.53 Å². The van der Waals surface area contributed by atoms with Gasteiger partial charge in [-0.25, -0.2) is 4.39 Å². The fraction of sp³-hybridized carbons (Fsp3) is 0.600. The van der Waals surface area contributed by atoms with Gasteiger partial charge in [-0.05, 0) is 12.5 Å². The van der Waals surface area contributed by atoms with E-state index in [1.54, 1.807) is 18.1 Å². The van der Waals surface area contributed by atoms with Crippen LogP contribution in [-0.4, -0.2) is 47.1 Å². The Kier molecular flexibility index (Phi) is 4.98.